The first-order valence-electron chi connectivity index (χ1n) is 19.4. The number of aliphatic hydroxyl groups is 2. The van der Waals surface area contributed by atoms with Gasteiger partial charge in [-0.05, 0) is 51.5 Å². The molecule has 1 saturated heterocycles. The molecule has 1 fully saturated rings. The Kier molecular flexibility index (Phi) is 22.6. The van der Waals surface area contributed by atoms with Gasteiger partial charge in [0, 0.05) is 18.9 Å². The summed E-state index contributed by atoms with van der Waals surface area (Å²) in [5, 5.41) is 21.5. The normalized spacial score (nSPS) is 21.6. The highest BCUT2D eigenvalue weighted by molar-refractivity contribution is 5.90. The zero-order valence-corrected chi connectivity index (χ0v) is 29.9. The molecule has 0 saturated carbocycles. The van der Waals surface area contributed by atoms with Crippen molar-refractivity contribution >= 4 is 11.9 Å². The molecular formula is C39H70O7. The zero-order valence-electron chi connectivity index (χ0n) is 29.9. The van der Waals surface area contributed by atoms with Crippen LogP contribution in [0.4, 0.5) is 0 Å². The molecule has 7 nitrogen and oxygen atoms in total. The second kappa shape index (κ2) is 25.6. The van der Waals surface area contributed by atoms with Crippen LogP contribution >= 0.6 is 0 Å². The molecule has 2 aliphatic rings. The molecule has 2 N–H and O–H groups in total. The number of carbonyl (C=O) groups excluding carboxylic acids is 2. The number of hydrogen-bond acceptors (Lipinski definition) is 7. The van der Waals surface area contributed by atoms with Gasteiger partial charge in [0.15, 0.2) is 0 Å². The lowest BCUT2D eigenvalue weighted by molar-refractivity contribution is -0.159. The zero-order chi connectivity index (χ0) is 33.4. The fraction of sp³-hybridized carbons (Fsp3) is 0.897. The summed E-state index contributed by atoms with van der Waals surface area (Å²) in [6.07, 6.45) is 28.6. The molecule has 0 aromatic rings. The van der Waals surface area contributed by atoms with Crippen LogP contribution in [0.5, 0.6) is 0 Å². The summed E-state index contributed by atoms with van der Waals surface area (Å²) in [5.41, 5.74) is 0.857. The second-order valence-electron chi connectivity index (χ2n) is 14.2. The highest BCUT2D eigenvalue weighted by Crippen LogP contribution is 2.30. The molecule has 268 valence electrons. The van der Waals surface area contributed by atoms with Gasteiger partial charge in [0.05, 0.1) is 24.4 Å². The molecule has 2 rings (SSSR count). The third-order valence-corrected chi connectivity index (χ3v) is 9.83. The monoisotopic (exact) mass is 651 g/mol. The molecule has 0 bridgehead atoms. The van der Waals surface area contributed by atoms with E-state index in [1.54, 1.807) is 0 Å². The Morgan fingerprint density at radius 2 is 1.28 bits per heavy atom. The van der Waals surface area contributed by atoms with Crippen molar-refractivity contribution in [2.75, 3.05) is 0 Å². The van der Waals surface area contributed by atoms with Crippen LogP contribution in [0.3, 0.4) is 0 Å². The number of ether oxygens (including phenoxy) is 3. The predicted molar refractivity (Wildman–Crippen MR) is 186 cm³/mol. The fourth-order valence-electron chi connectivity index (χ4n) is 7.07. The molecule has 0 aromatic heterocycles. The van der Waals surface area contributed by atoms with Crippen LogP contribution in [0.25, 0.3) is 0 Å². The van der Waals surface area contributed by atoms with E-state index in [1.807, 2.05) is 13.0 Å². The maximum Gasteiger partial charge on any atom is 0.334 e. The van der Waals surface area contributed by atoms with Gasteiger partial charge in [0.1, 0.15) is 12.2 Å². The van der Waals surface area contributed by atoms with E-state index in [9.17, 15) is 19.8 Å². The van der Waals surface area contributed by atoms with Crippen LogP contribution in [0.1, 0.15) is 188 Å². The van der Waals surface area contributed by atoms with Crippen LogP contribution < -0.4 is 0 Å². The number of rotatable bonds is 29. The molecule has 7 heteroatoms. The van der Waals surface area contributed by atoms with Crippen molar-refractivity contribution in [3.05, 3.63) is 11.6 Å². The van der Waals surface area contributed by atoms with E-state index in [0.717, 1.165) is 63.4 Å². The largest absolute Gasteiger partial charge is 0.460 e. The van der Waals surface area contributed by atoms with Gasteiger partial charge in [0.25, 0.3) is 0 Å². The summed E-state index contributed by atoms with van der Waals surface area (Å²) < 4.78 is 17.0. The molecule has 0 amide bonds. The van der Waals surface area contributed by atoms with E-state index in [2.05, 4.69) is 6.92 Å². The number of aliphatic hydroxyl groups excluding tert-OH is 2. The van der Waals surface area contributed by atoms with E-state index in [-0.39, 0.29) is 30.3 Å². The first-order valence-corrected chi connectivity index (χ1v) is 19.4. The first-order chi connectivity index (χ1) is 22.3. The minimum Gasteiger partial charge on any atom is -0.460 e. The maximum atomic E-state index is 11.8. The Bertz CT molecular complexity index is 827. The van der Waals surface area contributed by atoms with Gasteiger partial charge in [-0.1, -0.05) is 129 Å². The number of carbonyl (C=O) groups is 2. The van der Waals surface area contributed by atoms with Gasteiger partial charge in [-0.3, -0.25) is 4.79 Å². The van der Waals surface area contributed by atoms with Crippen LogP contribution in [0.15, 0.2) is 11.6 Å². The smallest absolute Gasteiger partial charge is 0.334 e. The second-order valence-corrected chi connectivity index (χ2v) is 14.2. The molecule has 6 unspecified atom stereocenters. The lowest BCUT2D eigenvalue weighted by Crippen LogP contribution is -2.36. The average molecular weight is 651 g/mol. The number of cyclic esters (lactones) is 1. The van der Waals surface area contributed by atoms with Gasteiger partial charge in [0.2, 0.25) is 0 Å². The number of unbranched alkanes of at least 4 members (excludes halogenated alkanes) is 18. The van der Waals surface area contributed by atoms with Crippen LogP contribution in [0.2, 0.25) is 0 Å². The fourth-order valence-corrected chi connectivity index (χ4v) is 7.07. The molecule has 0 aliphatic carbocycles. The Morgan fingerprint density at radius 3 is 1.80 bits per heavy atom. The van der Waals surface area contributed by atoms with Crippen molar-refractivity contribution in [1.29, 1.82) is 0 Å². The molecule has 46 heavy (non-hydrogen) atoms. The highest BCUT2D eigenvalue weighted by Gasteiger charge is 2.37. The summed E-state index contributed by atoms with van der Waals surface area (Å²) in [4.78, 5) is 23.5. The first kappa shape index (κ1) is 40.7. The molecule has 0 aromatic carbocycles. The quantitative estimate of drug-likeness (QED) is 0.0614. The topological polar surface area (TPSA) is 102 Å². The molecular weight excluding hydrogens is 580 g/mol. The molecule has 0 spiro atoms. The van der Waals surface area contributed by atoms with Gasteiger partial charge >= 0.3 is 11.9 Å². The Morgan fingerprint density at radius 1 is 0.783 bits per heavy atom. The predicted octanol–water partition coefficient (Wildman–Crippen LogP) is 9.44. The van der Waals surface area contributed by atoms with Crippen molar-refractivity contribution in [3.63, 3.8) is 0 Å². The van der Waals surface area contributed by atoms with Crippen LogP contribution in [0, 0.1) is 0 Å². The summed E-state index contributed by atoms with van der Waals surface area (Å²) in [6, 6.07) is 0. The SMILES string of the molecule is CCCCCCCCCCCC(O)C1CCC(C(CC(O)CCCCCCCCCCCCCC2=CC(C)OC2=O)OC(C)=O)O1. The van der Waals surface area contributed by atoms with E-state index >= 15 is 0 Å². The minimum absolute atomic E-state index is 0.0577. The third kappa shape index (κ3) is 18.8. The summed E-state index contributed by atoms with van der Waals surface area (Å²) in [7, 11) is 0. The minimum atomic E-state index is -0.516. The standard InChI is InChI=1S/C39H70O7/c1-4-5-6-7-8-12-17-20-23-26-35(42)36-27-28-37(46-36)38(45-32(3)40)30-34(41)25-22-19-16-14-11-9-10-13-15-18-21-24-33-29-31(2)44-39(33)43/h29,31,34-38,41-42H,4-28,30H2,1-3H3. The average Bonchev–Trinajstić information content (AvgIpc) is 3.64. The lowest BCUT2D eigenvalue weighted by atomic mass is 9.98. The van der Waals surface area contributed by atoms with E-state index < -0.39 is 18.3 Å². The molecule has 2 aliphatic heterocycles. The van der Waals surface area contributed by atoms with Crippen LogP contribution in [-0.4, -0.2) is 58.8 Å². The van der Waals surface area contributed by atoms with Gasteiger partial charge in [-0.25, -0.2) is 4.79 Å². The maximum absolute atomic E-state index is 11.8. The van der Waals surface area contributed by atoms with E-state index in [4.69, 9.17) is 14.2 Å². The highest BCUT2D eigenvalue weighted by atomic mass is 16.6. The van der Waals surface area contributed by atoms with Crippen molar-refractivity contribution in [2.45, 2.75) is 224 Å². The van der Waals surface area contributed by atoms with Gasteiger partial charge in [-0.15, -0.1) is 0 Å². The summed E-state index contributed by atoms with van der Waals surface area (Å²) >= 11 is 0. The third-order valence-electron chi connectivity index (χ3n) is 9.83. The number of hydrogen-bond donors (Lipinski definition) is 2. The Hall–Kier alpha value is -1.44. The summed E-state index contributed by atoms with van der Waals surface area (Å²) in [5.74, 6) is -0.473. The van der Waals surface area contributed by atoms with Crippen molar-refractivity contribution in [3.8, 4) is 0 Å². The van der Waals surface area contributed by atoms with Crippen molar-refractivity contribution in [1.82, 2.24) is 0 Å². The van der Waals surface area contributed by atoms with Gasteiger partial charge < -0.3 is 24.4 Å². The lowest BCUT2D eigenvalue weighted by Gasteiger charge is -2.27. The molecule has 6 atom stereocenters. The Labute approximate surface area is 281 Å². The Balaban J connectivity index is 1.47. The molecule has 0 radical (unpaired) electrons. The van der Waals surface area contributed by atoms with Crippen molar-refractivity contribution in [2.24, 2.45) is 0 Å². The molecule has 2 heterocycles. The van der Waals surface area contributed by atoms with E-state index in [0.29, 0.717) is 12.8 Å². The summed E-state index contributed by atoms with van der Waals surface area (Å²) in [6.45, 7) is 5.57. The number of esters is 2. The van der Waals surface area contributed by atoms with Crippen LogP contribution in [-0.2, 0) is 23.8 Å². The van der Waals surface area contributed by atoms with E-state index in [1.165, 1.54) is 103 Å². The van der Waals surface area contributed by atoms with Gasteiger partial charge in [-0.2, -0.15) is 0 Å². The van der Waals surface area contributed by atoms with Crippen molar-refractivity contribution < 1.29 is 34.0 Å².